The van der Waals surface area contributed by atoms with Crippen molar-refractivity contribution in [2.45, 2.75) is 4.90 Å². The van der Waals surface area contributed by atoms with Crippen LogP contribution in [0.5, 0.6) is 5.75 Å². The molecule has 0 radical (unpaired) electrons. The number of thiol groups is 1. The van der Waals surface area contributed by atoms with E-state index in [4.69, 9.17) is 10.00 Å². The van der Waals surface area contributed by atoms with E-state index in [0.29, 0.717) is 5.56 Å². The molecule has 0 atom stereocenters. The van der Waals surface area contributed by atoms with Crippen LogP contribution in [0, 0.1) is 11.3 Å². The van der Waals surface area contributed by atoms with Crippen LogP contribution in [0.2, 0.25) is 0 Å². The first-order valence-corrected chi connectivity index (χ1v) is 5.28. The van der Waals surface area contributed by atoms with Crippen LogP contribution in [0.25, 0.3) is 10.1 Å². The van der Waals surface area contributed by atoms with Gasteiger partial charge in [0.1, 0.15) is 5.75 Å². The number of hydrogen-bond acceptors (Lipinski definition) is 4. The highest BCUT2D eigenvalue weighted by molar-refractivity contribution is 7.80. The number of rotatable bonds is 1. The number of methoxy groups -OCH3 is 1. The molecule has 0 bridgehead atoms. The minimum absolute atomic E-state index is 0.635. The van der Waals surface area contributed by atoms with Gasteiger partial charge in [-0.25, -0.2) is 0 Å². The molecule has 1 heterocycles. The topological polar surface area (TPSA) is 33.0 Å². The van der Waals surface area contributed by atoms with Crippen molar-refractivity contribution in [2.75, 3.05) is 7.11 Å². The summed E-state index contributed by atoms with van der Waals surface area (Å²) in [5.74, 6) is 0.748. The van der Waals surface area contributed by atoms with E-state index in [1.54, 1.807) is 24.5 Å². The first-order valence-electron chi connectivity index (χ1n) is 3.95. The van der Waals surface area contributed by atoms with Gasteiger partial charge in [0.25, 0.3) is 0 Å². The molecule has 70 valence electrons. The van der Waals surface area contributed by atoms with Crippen LogP contribution in [0.3, 0.4) is 0 Å². The molecule has 0 aliphatic rings. The Bertz CT molecular complexity index is 525. The molecule has 0 aliphatic heterocycles. The summed E-state index contributed by atoms with van der Waals surface area (Å²) in [6.07, 6.45) is 0. The van der Waals surface area contributed by atoms with Crippen molar-refractivity contribution < 1.29 is 4.74 Å². The van der Waals surface area contributed by atoms with E-state index in [1.165, 1.54) is 0 Å². The molecular formula is C10H7NOS2. The van der Waals surface area contributed by atoms with Crippen molar-refractivity contribution in [3.63, 3.8) is 0 Å². The van der Waals surface area contributed by atoms with E-state index in [9.17, 15) is 0 Å². The average Bonchev–Trinajstić information content (AvgIpc) is 2.63. The highest BCUT2D eigenvalue weighted by atomic mass is 32.1. The van der Waals surface area contributed by atoms with Crippen LogP contribution in [0.15, 0.2) is 22.4 Å². The fourth-order valence-corrected chi connectivity index (χ4v) is 2.65. The molecule has 14 heavy (non-hydrogen) atoms. The number of benzene rings is 1. The fraction of sp³-hybridized carbons (Fsp3) is 0.100. The van der Waals surface area contributed by atoms with Crippen molar-refractivity contribution in [2.24, 2.45) is 0 Å². The molecule has 0 amide bonds. The molecule has 4 heteroatoms. The van der Waals surface area contributed by atoms with Crippen molar-refractivity contribution in [1.82, 2.24) is 0 Å². The minimum atomic E-state index is 0.635. The smallest absolute Gasteiger partial charge is 0.138 e. The van der Waals surface area contributed by atoms with Crippen LogP contribution in [-0.4, -0.2) is 7.11 Å². The number of nitrogens with zero attached hydrogens (tertiary/aromatic N) is 1. The zero-order valence-electron chi connectivity index (χ0n) is 7.44. The van der Waals surface area contributed by atoms with Gasteiger partial charge in [0, 0.05) is 10.3 Å². The predicted molar refractivity (Wildman–Crippen MR) is 60.3 cm³/mol. The lowest BCUT2D eigenvalue weighted by Gasteiger charge is -2.00. The Morgan fingerprint density at radius 2 is 2.29 bits per heavy atom. The molecule has 0 fully saturated rings. The van der Waals surface area contributed by atoms with Crippen LogP contribution in [0.4, 0.5) is 0 Å². The number of thiophene rings is 1. The summed E-state index contributed by atoms with van der Waals surface area (Å²) in [4.78, 5) is 0.882. The Balaban J connectivity index is 2.90. The van der Waals surface area contributed by atoms with Gasteiger partial charge in [-0.3, -0.25) is 0 Å². The van der Waals surface area contributed by atoms with Crippen LogP contribution < -0.4 is 4.74 Å². The third-order valence-electron chi connectivity index (χ3n) is 2.01. The maximum absolute atomic E-state index is 8.94. The summed E-state index contributed by atoms with van der Waals surface area (Å²) >= 11 is 5.88. The van der Waals surface area contributed by atoms with Crippen molar-refractivity contribution >= 4 is 34.1 Å². The van der Waals surface area contributed by atoms with Crippen molar-refractivity contribution in [3.05, 3.63) is 23.1 Å². The molecule has 1 aromatic carbocycles. The molecule has 1 aromatic heterocycles. The maximum Gasteiger partial charge on any atom is 0.138 e. The van der Waals surface area contributed by atoms with Crippen molar-refractivity contribution in [3.8, 4) is 11.8 Å². The highest BCUT2D eigenvalue weighted by Crippen LogP contribution is 2.37. The maximum atomic E-state index is 8.94. The molecule has 0 aliphatic carbocycles. The second-order valence-electron chi connectivity index (χ2n) is 2.75. The van der Waals surface area contributed by atoms with Gasteiger partial charge >= 0.3 is 0 Å². The molecule has 2 nitrogen and oxygen atoms in total. The standard InChI is InChI=1S/C10H7NOS2/c1-12-7-5-14-10-8(13)3-2-6(4-11)9(7)10/h2-3,5,13H,1H3. The first kappa shape index (κ1) is 9.38. The quantitative estimate of drug-likeness (QED) is 0.751. The van der Waals surface area contributed by atoms with Gasteiger partial charge in [0.2, 0.25) is 0 Å². The van der Waals surface area contributed by atoms with E-state index < -0.39 is 0 Å². The van der Waals surface area contributed by atoms with E-state index in [2.05, 4.69) is 18.7 Å². The van der Waals surface area contributed by atoms with Gasteiger partial charge in [0.15, 0.2) is 0 Å². The number of hydrogen-bond donors (Lipinski definition) is 1. The fourth-order valence-electron chi connectivity index (χ4n) is 1.35. The summed E-state index contributed by atoms with van der Waals surface area (Å²) in [5.41, 5.74) is 0.635. The number of nitriles is 1. The lowest BCUT2D eigenvalue weighted by molar-refractivity contribution is 0.421. The molecule has 2 rings (SSSR count). The second-order valence-corrected chi connectivity index (χ2v) is 4.11. The number of ether oxygens (including phenoxy) is 1. The summed E-state index contributed by atoms with van der Waals surface area (Å²) in [6, 6.07) is 5.75. The summed E-state index contributed by atoms with van der Waals surface area (Å²) < 4.78 is 6.19. The Kier molecular flexibility index (Phi) is 2.36. The van der Waals surface area contributed by atoms with E-state index in [1.807, 2.05) is 11.4 Å². The Labute approximate surface area is 91.1 Å². The second kappa shape index (κ2) is 3.52. The third-order valence-corrected chi connectivity index (χ3v) is 3.52. The zero-order chi connectivity index (χ0) is 10.1. The summed E-state index contributed by atoms with van der Waals surface area (Å²) in [6.45, 7) is 0. The largest absolute Gasteiger partial charge is 0.495 e. The molecule has 0 unspecified atom stereocenters. The first-order chi connectivity index (χ1) is 6.77. The summed E-state index contributed by atoms with van der Waals surface area (Å²) in [7, 11) is 1.60. The van der Waals surface area contributed by atoms with Gasteiger partial charge in [-0.1, -0.05) is 0 Å². The molecule has 0 N–H and O–H groups in total. The van der Waals surface area contributed by atoms with Crippen LogP contribution >= 0.6 is 24.0 Å². The molecular weight excluding hydrogens is 214 g/mol. The lowest BCUT2D eigenvalue weighted by atomic mass is 10.1. The zero-order valence-corrected chi connectivity index (χ0v) is 9.15. The van der Waals surface area contributed by atoms with Gasteiger partial charge in [-0.15, -0.1) is 24.0 Å². The molecule has 2 aromatic rings. The van der Waals surface area contributed by atoms with Gasteiger partial charge in [-0.2, -0.15) is 5.26 Å². The SMILES string of the molecule is COc1csc2c(S)ccc(C#N)c12. The molecule has 0 saturated carbocycles. The monoisotopic (exact) mass is 221 g/mol. The Morgan fingerprint density at radius 3 is 2.93 bits per heavy atom. The average molecular weight is 221 g/mol. The molecule has 0 spiro atoms. The predicted octanol–water partition coefficient (Wildman–Crippen LogP) is 3.07. The van der Waals surface area contributed by atoms with E-state index in [-0.39, 0.29) is 0 Å². The normalized spacial score (nSPS) is 10.1. The van der Waals surface area contributed by atoms with Gasteiger partial charge in [0.05, 0.1) is 28.8 Å². The number of fused-ring (bicyclic) bond motifs is 1. The van der Waals surface area contributed by atoms with Crippen molar-refractivity contribution in [1.29, 1.82) is 5.26 Å². The lowest BCUT2D eigenvalue weighted by Crippen LogP contribution is -1.83. The van der Waals surface area contributed by atoms with Gasteiger partial charge in [-0.05, 0) is 12.1 Å². The highest BCUT2D eigenvalue weighted by Gasteiger charge is 2.11. The Morgan fingerprint density at radius 1 is 1.50 bits per heavy atom. The summed E-state index contributed by atoms with van der Waals surface area (Å²) in [5, 5.41) is 11.7. The molecule has 0 saturated heterocycles. The van der Waals surface area contributed by atoms with E-state index in [0.717, 1.165) is 20.7 Å². The van der Waals surface area contributed by atoms with Crippen LogP contribution in [-0.2, 0) is 0 Å². The minimum Gasteiger partial charge on any atom is -0.495 e. The van der Waals surface area contributed by atoms with E-state index >= 15 is 0 Å². The van der Waals surface area contributed by atoms with Gasteiger partial charge < -0.3 is 4.74 Å². The van der Waals surface area contributed by atoms with Crippen LogP contribution in [0.1, 0.15) is 5.56 Å². The third kappa shape index (κ3) is 1.26. The Hall–Kier alpha value is -1.18.